The maximum Gasteiger partial charge on any atom is 0.254 e. The fourth-order valence-electron chi connectivity index (χ4n) is 3.83. The molecule has 2 fully saturated rings. The smallest absolute Gasteiger partial charge is 0.254 e. The summed E-state index contributed by atoms with van der Waals surface area (Å²) < 4.78 is 5.14. The zero-order valence-corrected chi connectivity index (χ0v) is 14.0. The van der Waals surface area contributed by atoms with Crippen LogP contribution in [0.2, 0.25) is 0 Å². The number of methoxy groups -OCH3 is 1. The number of benzene rings is 1. The molecule has 0 bridgehead atoms. The molecule has 0 spiro atoms. The second-order valence-electron chi connectivity index (χ2n) is 6.33. The fourth-order valence-corrected chi connectivity index (χ4v) is 3.83. The molecule has 25 heavy (non-hydrogen) atoms. The van der Waals surface area contributed by atoms with Crippen LogP contribution in [0.5, 0.6) is 5.75 Å². The van der Waals surface area contributed by atoms with Crippen LogP contribution < -0.4 is 9.64 Å². The van der Waals surface area contributed by atoms with Crippen LogP contribution in [0.4, 0.5) is 5.69 Å². The van der Waals surface area contributed by atoms with E-state index < -0.39 is 0 Å². The second kappa shape index (κ2) is 6.20. The zero-order chi connectivity index (χ0) is 17.4. The van der Waals surface area contributed by atoms with Crippen molar-refractivity contribution in [1.29, 1.82) is 0 Å². The lowest BCUT2D eigenvalue weighted by molar-refractivity contribution is -0.117. The molecule has 4 rings (SSSR count). The van der Waals surface area contributed by atoms with E-state index in [0.717, 1.165) is 17.9 Å². The normalized spacial score (nSPS) is 22.2. The molecule has 2 aromatic rings. The third kappa shape index (κ3) is 2.63. The standard InChI is InChI=1S/C19H19N3O3/c1-25-15-6-4-13(5-7-15)19(24)21-10-8-16-17(21)11-18(23)22(16)14-3-2-9-20-12-14/h2-7,9,12,16-17H,8,10-11H2,1H3/t16-,17+/m1/s1. The molecule has 0 unspecified atom stereocenters. The summed E-state index contributed by atoms with van der Waals surface area (Å²) >= 11 is 0. The molecule has 1 aromatic heterocycles. The van der Waals surface area contributed by atoms with Gasteiger partial charge in [0, 0.05) is 24.7 Å². The average molecular weight is 337 g/mol. The predicted octanol–water partition coefficient (Wildman–Crippen LogP) is 2.11. The average Bonchev–Trinajstić information content (AvgIpc) is 3.19. The highest BCUT2D eigenvalue weighted by atomic mass is 16.5. The molecule has 2 aliphatic rings. The van der Waals surface area contributed by atoms with Crippen molar-refractivity contribution < 1.29 is 14.3 Å². The van der Waals surface area contributed by atoms with Crippen LogP contribution >= 0.6 is 0 Å². The van der Waals surface area contributed by atoms with Crippen LogP contribution in [-0.2, 0) is 4.79 Å². The molecular weight excluding hydrogens is 318 g/mol. The molecule has 0 radical (unpaired) electrons. The first kappa shape index (κ1) is 15.6. The van der Waals surface area contributed by atoms with Crippen LogP contribution in [0, 0.1) is 0 Å². The van der Waals surface area contributed by atoms with Gasteiger partial charge >= 0.3 is 0 Å². The summed E-state index contributed by atoms with van der Waals surface area (Å²) in [5, 5.41) is 0. The molecule has 3 heterocycles. The maximum absolute atomic E-state index is 12.9. The minimum atomic E-state index is -0.0812. The summed E-state index contributed by atoms with van der Waals surface area (Å²) in [6.45, 7) is 0.657. The van der Waals surface area contributed by atoms with Crippen molar-refractivity contribution >= 4 is 17.5 Å². The van der Waals surface area contributed by atoms with Crippen molar-refractivity contribution in [2.24, 2.45) is 0 Å². The van der Waals surface area contributed by atoms with E-state index in [1.54, 1.807) is 48.7 Å². The van der Waals surface area contributed by atoms with Crippen molar-refractivity contribution in [2.45, 2.75) is 24.9 Å². The Kier molecular flexibility index (Phi) is 3.87. The molecule has 6 heteroatoms. The number of carbonyl (C=O) groups excluding carboxylic acids is 2. The lowest BCUT2D eigenvalue weighted by atomic mass is 10.1. The number of anilines is 1. The molecule has 0 aliphatic carbocycles. The zero-order valence-electron chi connectivity index (χ0n) is 14.0. The topological polar surface area (TPSA) is 62.7 Å². The Balaban J connectivity index is 1.56. The van der Waals surface area contributed by atoms with Gasteiger partial charge in [0.25, 0.3) is 5.91 Å². The number of hydrogen-bond donors (Lipinski definition) is 0. The third-order valence-electron chi connectivity index (χ3n) is 5.02. The predicted molar refractivity (Wildman–Crippen MR) is 92.6 cm³/mol. The van der Waals surface area contributed by atoms with E-state index in [-0.39, 0.29) is 23.9 Å². The summed E-state index contributed by atoms with van der Waals surface area (Å²) in [7, 11) is 1.60. The Morgan fingerprint density at radius 2 is 2.00 bits per heavy atom. The number of pyridine rings is 1. The largest absolute Gasteiger partial charge is 0.497 e. The molecule has 2 aliphatic heterocycles. The summed E-state index contributed by atoms with van der Waals surface area (Å²) in [6, 6.07) is 10.8. The number of rotatable bonds is 3. The highest BCUT2D eigenvalue weighted by molar-refractivity contribution is 6.00. The van der Waals surface area contributed by atoms with Crippen LogP contribution in [0.1, 0.15) is 23.2 Å². The van der Waals surface area contributed by atoms with Crippen LogP contribution in [0.3, 0.4) is 0 Å². The molecule has 6 nitrogen and oxygen atoms in total. The van der Waals surface area contributed by atoms with Gasteiger partial charge in [0.1, 0.15) is 5.75 Å². The van der Waals surface area contributed by atoms with Crippen molar-refractivity contribution in [3.8, 4) is 5.75 Å². The monoisotopic (exact) mass is 337 g/mol. The van der Waals surface area contributed by atoms with Crippen molar-refractivity contribution in [2.75, 3.05) is 18.6 Å². The van der Waals surface area contributed by atoms with E-state index >= 15 is 0 Å². The van der Waals surface area contributed by atoms with Gasteiger partial charge in [-0.2, -0.15) is 0 Å². The first-order valence-electron chi connectivity index (χ1n) is 8.36. The first-order chi connectivity index (χ1) is 12.2. The van der Waals surface area contributed by atoms with Crippen molar-refractivity contribution in [3.05, 3.63) is 54.4 Å². The molecule has 1 aromatic carbocycles. The van der Waals surface area contributed by atoms with Gasteiger partial charge in [-0.05, 0) is 42.8 Å². The number of nitrogens with zero attached hydrogens (tertiary/aromatic N) is 3. The number of aromatic nitrogens is 1. The number of hydrogen-bond acceptors (Lipinski definition) is 4. The Morgan fingerprint density at radius 3 is 2.68 bits per heavy atom. The summed E-state index contributed by atoms with van der Waals surface area (Å²) in [5.41, 5.74) is 1.42. The molecule has 0 N–H and O–H groups in total. The SMILES string of the molecule is COc1ccc(C(=O)N2CC[C@@H]3[C@@H]2CC(=O)N3c2cccnc2)cc1. The quantitative estimate of drug-likeness (QED) is 0.861. The Bertz CT molecular complexity index is 791. The van der Waals surface area contributed by atoms with E-state index in [2.05, 4.69) is 4.98 Å². The molecule has 2 atom stereocenters. The minimum absolute atomic E-state index is 0.0268. The highest BCUT2D eigenvalue weighted by Gasteiger charge is 2.49. The Labute approximate surface area is 146 Å². The molecule has 0 saturated carbocycles. The number of ether oxygens (including phenoxy) is 1. The molecule has 2 saturated heterocycles. The molecule has 2 amide bonds. The minimum Gasteiger partial charge on any atom is -0.497 e. The van der Waals surface area contributed by atoms with E-state index in [0.29, 0.717) is 18.5 Å². The van der Waals surface area contributed by atoms with Gasteiger partial charge in [-0.15, -0.1) is 0 Å². The van der Waals surface area contributed by atoms with Gasteiger partial charge in [-0.25, -0.2) is 0 Å². The van der Waals surface area contributed by atoms with Crippen LogP contribution in [-0.4, -0.2) is 47.4 Å². The summed E-state index contributed by atoms with van der Waals surface area (Å²) in [6.07, 6.45) is 4.54. The maximum atomic E-state index is 12.9. The number of carbonyl (C=O) groups is 2. The van der Waals surface area contributed by atoms with Crippen molar-refractivity contribution in [3.63, 3.8) is 0 Å². The first-order valence-corrected chi connectivity index (χ1v) is 8.36. The number of fused-ring (bicyclic) bond motifs is 1. The van der Waals surface area contributed by atoms with E-state index in [9.17, 15) is 9.59 Å². The van der Waals surface area contributed by atoms with Gasteiger partial charge in [0.05, 0.1) is 31.1 Å². The highest BCUT2D eigenvalue weighted by Crippen LogP contribution is 2.36. The van der Waals surface area contributed by atoms with Crippen LogP contribution in [0.15, 0.2) is 48.8 Å². The Hall–Kier alpha value is -2.89. The number of amides is 2. The lowest BCUT2D eigenvalue weighted by Crippen LogP contribution is -2.40. The molecule has 128 valence electrons. The summed E-state index contributed by atoms with van der Waals surface area (Å²) in [5.74, 6) is 0.737. The second-order valence-corrected chi connectivity index (χ2v) is 6.33. The van der Waals surface area contributed by atoms with Gasteiger partial charge in [-0.1, -0.05) is 0 Å². The van der Waals surface area contributed by atoms with Gasteiger partial charge in [-0.3, -0.25) is 14.6 Å². The number of likely N-dealkylation sites (tertiary alicyclic amines) is 1. The van der Waals surface area contributed by atoms with E-state index in [1.165, 1.54) is 0 Å². The van der Waals surface area contributed by atoms with Gasteiger partial charge in [0.2, 0.25) is 5.91 Å². The van der Waals surface area contributed by atoms with Gasteiger partial charge < -0.3 is 14.5 Å². The third-order valence-corrected chi connectivity index (χ3v) is 5.02. The van der Waals surface area contributed by atoms with Crippen LogP contribution in [0.25, 0.3) is 0 Å². The van der Waals surface area contributed by atoms with E-state index in [1.807, 2.05) is 17.0 Å². The molecular formula is C19H19N3O3. The fraction of sp³-hybridized carbons (Fsp3) is 0.316. The lowest BCUT2D eigenvalue weighted by Gasteiger charge is -2.25. The Morgan fingerprint density at radius 1 is 1.20 bits per heavy atom. The van der Waals surface area contributed by atoms with Gasteiger partial charge in [0.15, 0.2) is 0 Å². The van der Waals surface area contributed by atoms with Crippen molar-refractivity contribution in [1.82, 2.24) is 9.88 Å². The summed E-state index contributed by atoms with van der Waals surface area (Å²) in [4.78, 5) is 33.2. The van der Waals surface area contributed by atoms with E-state index in [4.69, 9.17) is 4.74 Å².